The summed E-state index contributed by atoms with van der Waals surface area (Å²) in [6.45, 7) is 0.500. The maximum absolute atomic E-state index is 13.0. The molecule has 2 fully saturated rings. The number of rotatable bonds is 4. The molecule has 1 aliphatic heterocycles. The molecule has 1 saturated carbocycles. The summed E-state index contributed by atoms with van der Waals surface area (Å²) in [5.41, 5.74) is -1.31. The Hall–Kier alpha value is -2.09. The molecular weight excluding hydrogens is 363 g/mol. The zero-order valence-electron chi connectivity index (χ0n) is 15.0. The lowest BCUT2D eigenvalue weighted by molar-refractivity contribution is -0.153. The number of nitrogens with zero attached hydrogens (tertiary/aromatic N) is 1. The lowest BCUT2D eigenvalue weighted by atomic mass is 9.67. The third kappa shape index (κ3) is 3.95. The maximum Gasteiger partial charge on any atom is 0.422 e. The predicted octanol–water partition coefficient (Wildman–Crippen LogP) is 3.24. The standard InChI is InChI=1S/C19H22F3NO4/c1-13(24)18(26)8-6-17(7-9-18)10-11-23(16(17)25)14-2-4-15(5-3-14)27-12-19(20,21)22/h2-5,26H,6-12H2,1H3/t17-,18+. The van der Waals surface area contributed by atoms with Gasteiger partial charge in [-0.05, 0) is 63.3 Å². The average Bonchev–Trinajstić information content (AvgIpc) is 2.92. The van der Waals surface area contributed by atoms with Crippen LogP contribution < -0.4 is 9.64 Å². The molecule has 0 bridgehead atoms. The molecule has 1 saturated heterocycles. The van der Waals surface area contributed by atoms with Crippen molar-refractivity contribution in [3.05, 3.63) is 24.3 Å². The fourth-order valence-electron chi connectivity index (χ4n) is 3.91. The molecule has 1 N–H and O–H groups in total. The Balaban J connectivity index is 1.66. The zero-order valence-corrected chi connectivity index (χ0v) is 15.0. The first-order chi connectivity index (χ1) is 12.5. The summed E-state index contributed by atoms with van der Waals surface area (Å²) in [5.74, 6) is -0.243. The second-order valence-electron chi connectivity index (χ2n) is 7.47. The van der Waals surface area contributed by atoms with Gasteiger partial charge in [0.25, 0.3) is 0 Å². The number of Topliss-reactive ketones (excluding diaryl/α,β-unsaturated/α-hetero) is 1. The van der Waals surface area contributed by atoms with Crippen LogP contribution in [-0.4, -0.2) is 41.7 Å². The fourth-order valence-corrected chi connectivity index (χ4v) is 3.91. The third-order valence-electron chi connectivity index (χ3n) is 5.75. The van der Waals surface area contributed by atoms with Crippen molar-refractivity contribution in [1.29, 1.82) is 0 Å². The highest BCUT2D eigenvalue weighted by atomic mass is 19.4. The number of hydrogen-bond acceptors (Lipinski definition) is 4. The number of benzene rings is 1. The van der Waals surface area contributed by atoms with E-state index in [4.69, 9.17) is 0 Å². The van der Waals surface area contributed by atoms with Crippen molar-refractivity contribution >= 4 is 17.4 Å². The van der Waals surface area contributed by atoms with Crippen LogP contribution in [0, 0.1) is 5.41 Å². The first-order valence-electron chi connectivity index (χ1n) is 8.90. The first-order valence-corrected chi connectivity index (χ1v) is 8.90. The van der Waals surface area contributed by atoms with Gasteiger partial charge in [0.1, 0.15) is 11.4 Å². The van der Waals surface area contributed by atoms with Gasteiger partial charge in [0.2, 0.25) is 5.91 Å². The molecule has 0 unspecified atom stereocenters. The van der Waals surface area contributed by atoms with Crippen molar-refractivity contribution in [2.75, 3.05) is 18.1 Å². The van der Waals surface area contributed by atoms with E-state index in [1.54, 1.807) is 17.0 Å². The van der Waals surface area contributed by atoms with Gasteiger partial charge < -0.3 is 14.7 Å². The average molecular weight is 385 g/mol. The zero-order chi connectivity index (χ0) is 19.9. The number of aliphatic hydroxyl groups is 1. The number of anilines is 1. The molecular formula is C19H22F3NO4. The number of carbonyl (C=O) groups excluding carboxylic acids is 2. The van der Waals surface area contributed by atoms with Crippen molar-refractivity contribution in [3.8, 4) is 5.75 Å². The lowest BCUT2D eigenvalue weighted by Gasteiger charge is -2.39. The predicted molar refractivity (Wildman–Crippen MR) is 91.5 cm³/mol. The Kier molecular flexibility index (Phi) is 4.96. The van der Waals surface area contributed by atoms with Gasteiger partial charge in [0.15, 0.2) is 12.4 Å². The molecule has 148 valence electrons. The summed E-state index contributed by atoms with van der Waals surface area (Å²) < 4.78 is 41.3. The van der Waals surface area contributed by atoms with Crippen molar-refractivity contribution in [3.63, 3.8) is 0 Å². The summed E-state index contributed by atoms with van der Waals surface area (Å²) in [4.78, 5) is 26.2. The lowest BCUT2D eigenvalue weighted by Crippen LogP contribution is -2.46. The van der Waals surface area contributed by atoms with E-state index >= 15 is 0 Å². The highest BCUT2D eigenvalue weighted by molar-refractivity contribution is 6.00. The summed E-state index contributed by atoms with van der Waals surface area (Å²) in [6.07, 6.45) is -2.33. The molecule has 2 aliphatic rings. The number of hydrogen-bond donors (Lipinski definition) is 1. The number of halogens is 3. The Bertz CT molecular complexity index is 721. The fraction of sp³-hybridized carbons (Fsp3) is 0.579. The van der Waals surface area contributed by atoms with Crippen molar-refractivity contribution < 1.29 is 32.6 Å². The van der Waals surface area contributed by atoms with Crippen LogP contribution in [0.25, 0.3) is 0 Å². The summed E-state index contributed by atoms with van der Waals surface area (Å²) >= 11 is 0. The monoisotopic (exact) mass is 385 g/mol. The van der Waals surface area contributed by atoms with Crippen LogP contribution in [0.4, 0.5) is 18.9 Å². The molecule has 1 heterocycles. The molecule has 1 aliphatic carbocycles. The molecule has 0 aromatic heterocycles. The van der Waals surface area contributed by atoms with E-state index in [-0.39, 0.29) is 30.3 Å². The number of ketones is 1. The van der Waals surface area contributed by atoms with Crippen molar-refractivity contribution in [2.45, 2.75) is 50.8 Å². The molecule has 3 rings (SSSR count). The number of amides is 1. The molecule has 5 nitrogen and oxygen atoms in total. The minimum Gasteiger partial charge on any atom is -0.484 e. The van der Waals surface area contributed by atoms with E-state index in [2.05, 4.69) is 4.74 Å². The second-order valence-corrected chi connectivity index (χ2v) is 7.47. The Morgan fingerprint density at radius 2 is 1.74 bits per heavy atom. The summed E-state index contributed by atoms with van der Waals surface area (Å²) in [6, 6.07) is 5.96. The van der Waals surface area contributed by atoms with E-state index in [0.717, 1.165) is 0 Å². The molecule has 1 spiro atoms. The van der Waals surface area contributed by atoms with Crippen LogP contribution in [0.5, 0.6) is 5.75 Å². The molecule has 27 heavy (non-hydrogen) atoms. The normalized spacial score (nSPS) is 28.6. The van der Waals surface area contributed by atoms with Crippen LogP contribution in [0.1, 0.15) is 39.0 Å². The van der Waals surface area contributed by atoms with Gasteiger partial charge >= 0.3 is 6.18 Å². The van der Waals surface area contributed by atoms with Gasteiger partial charge in [-0.2, -0.15) is 13.2 Å². The largest absolute Gasteiger partial charge is 0.484 e. The molecule has 1 aromatic carbocycles. The SMILES string of the molecule is CC(=O)[C@]1(O)CC[C@]2(CCN(c3ccc(OCC(F)(F)F)cc3)C2=O)CC1. The van der Waals surface area contributed by atoms with Gasteiger partial charge in [0.05, 0.1) is 5.41 Å². The van der Waals surface area contributed by atoms with Crippen LogP contribution >= 0.6 is 0 Å². The Morgan fingerprint density at radius 3 is 2.26 bits per heavy atom. The Morgan fingerprint density at radius 1 is 1.15 bits per heavy atom. The van der Waals surface area contributed by atoms with Crippen LogP contribution in [0.3, 0.4) is 0 Å². The molecule has 1 aromatic rings. The maximum atomic E-state index is 13.0. The smallest absolute Gasteiger partial charge is 0.422 e. The minimum absolute atomic E-state index is 0.0583. The highest BCUT2D eigenvalue weighted by Gasteiger charge is 2.52. The van der Waals surface area contributed by atoms with E-state index in [9.17, 15) is 27.9 Å². The quantitative estimate of drug-likeness (QED) is 0.864. The van der Waals surface area contributed by atoms with Gasteiger partial charge in [0, 0.05) is 12.2 Å². The summed E-state index contributed by atoms with van der Waals surface area (Å²) in [5, 5.41) is 10.3. The van der Waals surface area contributed by atoms with E-state index in [1.165, 1.54) is 19.1 Å². The van der Waals surface area contributed by atoms with E-state index in [0.29, 0.717) is 31.5 Å². The van der Waals surface area contributed by atoms with Crippen LogP contribution in [0.15, 0.2) is 24.3 Å². The van der Waals surface area contributed by atoms with Crippen LogP contribution in [-0.2, 0) is 9.59 Å². The van der Waals surface area contributed by atoms with Crippen molar-refractivity contribution in [1.82, 2.24) is 0 Å². The third-order valence-corrected chi connectivity index (χ3v) is 5.75. The topological polar surface area (TPSA) is 66.8 Å². The minimum atomic E-state index is -4.40. The van der Waals surface area contributed by atoms with Crippen molar-refractivity contribution in [2.24, 2.45) is 5.41 Å². The molecule has 0 radical (unpaired) electrons. The van der Waals surface area contributed by atoms with Gasteiger partial charge in [-0.1, -0.05) is 0 Å². The second kappa shape index (κ2) is 6.82. The molecule has 0 atom stereocenters. The van der Waals surface area contributed by atoms with E-state index in [1.807, 2.05) is 0 Å². The molecule has 8 heteroatoms. The van der Waals surface area contributed by atoms with Gasteiger partial charge in [-0.15, -0.1) is 0 Å². The number of alkyl halides is 3. The molecule has 1 amide bonds. The number of carbonyl (C=O) groups is 2. The highest BCUT2D eigenvalue weighted by Crippen LogP contribution is 2.48. The summed E-state index contributed by atoms with van der Waals surface area (Å²) in [7, 11) is 0. The van der Waals surface area contributed by atoms with Gasteiger partial charge in [-0.25, -0.2) is 0 Å². The Labute approximate surface area is 155 Å². The number of ether oxygens (including phenoxy) is 1. The first kappa shape index (κ1) is 19.7. The van der Waals surface area contributed by atoms with Gasteiger partial charge in [-0.3, -0.25) is 9.59 Å². The van der Waals surface area contributed by atoms with E-state index < -0.39 is 23.8 Å². The van der Waals surface area contributed by atoms with Crippen LogP contribution in [0.2, 0.25) is 0 Å².